The van der Waals surface area contributed by atoms with Gasteiger partial charge < -0.3 is 9.64 Å². The first-order valence-corrected chi connectivity index (χ1v) is 5.92. The molecule has 1 aliphatic heterocycles. The van der Waals surface area contributed by atoms with Crippen molar-refractivity contribution in [2.24, 2.45) is 0 Å². The fraction of sp³-hybridized carbons (Fsp3) is 0.889. The number of ether oxygens (including phenoxy) is 1. The molecule has 1 saturated heterocycles. The largest absolute Gasteiger partial charge is 0.374 e. The summed E-state index contributed by atoms with van der Waals surface area (Å²) in [5.74, 6) is 0.209. The SMILES string of the molecule is O=C(CBr)N1CCOC2CCCC21. The van der Waals surface area contributed by atoms with Crippen molar-refractivity contribution in [2.75, 3.05) is 18.5 Å². The second-order valence-corrected chi connectivity index (χ2v) is 4.19. The monoisotopic (exact) mass is 247 g/mol. The van der Waals surface area contributed by atoms with Crippen LogP contribution in [0.3, 0.4) is 0 Å². The number of halogens is 1. The maximum atomic E-state index is 11.5. The van der Waals surface area contributed by atoms with E-state index in [9.17, 15) is 4.79 Å². The highest BCUT2D eigenvalue weighted by Gasteiger charge is 2.37. The molecule has 2 atom stereocenters. The molecule has 0 spiro atoms. The lowest BCUT2D eigenvalue weighted by atomic mass is 10.1. The molecule has 0 bridgehead atoms. The third kappa shape index (κ3) is 1.74. The van der Waals surface area contributed by atoms with E-state index in [0.29, 0.717) is 24.1 Å². The van der Waals surface area contributed by atoms with Crippen molar-refractivity contribution in [3.05, 3.63) is 0 Å². The van der Waals surface area contributed by atoms with E-state index in [2.05, 4.69) is 15.9 Å². The molecule has 2 rings (SSSR count). The Hall–Kier alpha value is -0.0900. The van der Waals surface area contributed by atoms with Gasteiger partial charge in [-0.2, -0.15) is 0 Å². The van der Waals surface area contributed by atoms with E-state index in [0.717, 1.165) is 19.4 Å². The van der Waals surface area contributed by atoms with Crippen molar-refractivity contribution in [1.82, 2.24) is 4.90 Å². The average molecular weight is 248 g/mol. The van der Waals surface area contributed by atoms with Crippen molar-refractivity contribution in [3.63, 3.8) is 0 Å². The number of hydrogen-bond donors (Lipinski definition) is 0. The van der Waals surface area contributed by atoms with Crippen LogP contribution in [0.15, 0.2) is 0 Å². The Kier molecular flexibility index (Phi) is 2.89. The minimum atomic E-state index is 0.209. The summed E-state index contributed by atoms with van der Waals surface area (Å²) >= 11 is 3.22. The second-order valence-electron chi connectivity index (χ2n) is 3.63. The highest BCUT2D eigenvalue weighted by molar-refractivity contribution is 9.09. The van der Waals surface area contributed by atoms with E-state index in [4.69, 9.17) is 4.74 Å². The van der Waals surface area contributed by atoms with Crippen LogP contribution in [-0.4, -0.2) is 41.4 Å². The summed E-state index contributed by atoms with van der Waals surface area (Å²) in [6.45, 7) is 1.48. The van der Waals surface area contributed by atoms with Crippen LogP contribution in [-0.2, 0) is 9.53 Å². The molecule has 0 aromatic heterocycles. The highest BCUT2D eigenvalue weighted by Crippen LogP contribution is 2.29. The number of alkyl halides is 1. The third-order valence-corrected chi connectivity index (χ3v) is 3.40. The minimum Gasteiger partial charge on any atom is -0.374 e. The van der Waals surface area contributed by atoms with Gasteiger partial charge in [0, 0.05) is 6.54 Å². The molecule has 1 amide bonds. The van der Waals surface area contributed by atoms with Gasteiger partial charge in [0.15, 0.2) is 0 Å². The normalized spacial score (nSPS) is 33.2. The molecule has 0 N–H and O–H groups in total. The maximum Gasteiger partial charge on any atom is 0.233 e. The van der Waals surface area contributed by atoms with Gasteiger partial charge >= 0.3 is 0 Å². The summed E-state index contributed by atoms with van der Waals surface area (Å²) in [5, 5.41) is 0.441. The van der Waals surface area contributed by atoms with Gasteiger partial charge in [-0.25, -0.2) is 0 Å². The molecule has 1 heterocycles. The van der Waals surface area contributed by atoms with Gasteiger partial charge in [-0.1, -0.05) is 15.9 Å². The second kappa shape index (κ2) is 3.96. The molecule has 2 fully saturated rings. The van der Waals surface area contributed by atoms with Crippen molar-refractivity contribution in [3.8, 4) is 0 Å². The Morgan fingerprint density at radius 2 is 2.38 bits per heavy atom. The zero-order valence-electron chi connectivity index (χ0n) is 7.54. The van der Waals surface area contributed by atoms with Crippen LogP contribution in [0.25, 0.3) is 0 Å². The quantitative estimate of drug-likeness (QED) is 0.652. The first kappa shape index (κ1) is 9.46. The molecule has 2 unspecified atom stereocenters. The lowest BCUT2D eigenvalue weighted by molar-refractivity contribution is -0.140. The van der Waals surface area contributed by atoms with E-state index < -0.39 is 0 Å². The predicted octanol–water partition coefficient (Wildman–Crippen LogP) is 1.16. The summed E-state index contributed by atoms with van der Waals surface area (Å²) in [7, 11) is 0. The number of carbonyl (C=O) groups is 1. The standard InChI is InChI=1S/C9H14BrNO2/c10-6-9(12)11-4-5-13-8-3-1-2-7(8)11/h7-8H,1-6H2. The molecule has 4 heteroatoms. The summed E-state index contributed by atoms with van der Waals surface area (Å²) in [6, 6.07) is 0.360. The van der Waals surface area contributed by atoms with Crippen LogP contribution in [0, 0.1) is 0 Å². The van der Waals surface area contributed by atoms with Gasteiger partial charge in [0.05, 0.1) is 24.1 Å². The molecule has 13 heavy (non-hydrogen) atoms. The summed E-state index contributed by atoms with van der Waals surface area (Å²) in [4.78, 5) is 13.5. The zero-order valence-corrected chi connectivity index (χ0v) is 9.13. The Balaban J connectivity index is 2.05. The molecule has 0 aromatic rings. The molecule has 2 aliphatic rings. The molecule has 0 radical (unpaired) electrons. The van der Waals surface area contributed by atoms with Gasteiger partial charge in [0.25, 0.3) is 0 Å². The first-order valence-electron chi connectivity index (χ1n) is 4.80. The Morgan fingerprint density at radius 3 is 3.15 bits per heavy atom. The van der Waals surface area contributed by atoms with E-state index in [1.54, 1.807) is 0 Å². The number of carbonyl (C=O) groups excluding carboxylic acids is 1. The van der Waals surface area contributed by atoms with Crippen molar-refractivity contribution in [1.29, 1.82) is 0 Å². The van der Waals surface area contributed by atoms with Gasteiger partial charge in [-0.15, -0.1) is 0 Å². The third-order valence-electron chi connectivity index (χ3n) is 2.92. The number of morpholine rings is 1. The summed E-state index contributed by atoms with van der Waals surface area (Å²) in [6.07, 6.45) is 3.75. The van der Waals surface area contributed by atoms with E-state index in [1.165, 1.54) is 6.42 Å². The highest BCUT2D eigenvalue weighted by atomic mass is 79.9. The Labute approximate surface area is 86.5 Å². The van der Waals surface area contributed by atoms with Crippen LogP contribution in [0.4, 0.5) is 0 Å². The summed E-state index contributed by atoms with van der Waals surface area (Å²) < 4.78 is 5.62. The fourth-order valence-corrected chi connectivity index (χ4v) is 2.63. The van der Waals surface area contributed by atoms with Gasteiger partial charge in [0.2, 0.25) is 5.91 Å². The lowest BCUT2D eigenvalue weighted by Crippen LogP contribution is -2.51. The molecule has 74 valence electrons. The van der Waals surface area contributed by atoms with Crippen LogP contribution >= 0.6 is 15.9 Å². The minimum absolute atomic E-state index is 0.209. The molecule has 1 aliphatic carbocycles. The van der Waals surface area contributed by atoms with Crippen LogP contribution in [0.5, 0.6) is 0 Å². The predicted molar refractivity (Wildman–Crippen MR) is 52.9 cm³/mol. The smallest absolute Gasteiger partial charge is 0.233 e. The summed E-state index contributed by atoms with van der Waals surface area (Å²) in [5.41, 5.74) is 0. The number of amides is 1. The number of nitrogens with zero attached hydrogens (tertiary/aromatic N) is 1. The number of rotatable bonds is 1. The van der Waals surface area contributed by atoms with E-state index >= 15 is 0 Å². The molecule has 3 nitrogen and oxygen atoms in total. The average Bonchev–Trinajstić information content (AvgIpc) is 2.63. The first-order chi connectivity index (χ1) is 6.33. The van der Waals surface area contributed by atoms with Crippen molar-refractivity contribution >= 4 is 21.8 Å². The van der Waals surface area contributed by atoms with Gasteiger partial charge in [-0.05, 0) is 19.3 Å². The molecule has 1 saturated carbocycles. The van der Waals surface area contributed by atoms with E-state index in [-0.39, 0.29) is 5.91 Å². The number of fused-ring (bicyclic) bond motifs is 1. The van der Waals surface area contributed by atoms with Crippen LogP contribution < -0.4 is 0 Å². The zero-order chi connectivity index (χ0) is 9.26. The molecular formula is C9H14BrNO2. The maximum absolute atomic E-state index is 11.5. The van der Waals surface area contributed by atoms with Crippen LogP contribution in [0.2, 0.25) is 0 Å². The van der Waals surface area contributed by atoms with Crippen LogP contribution in [0.1, 0.15) is 19.3 Å². The van der Waals surface area contributed by atoms with E-state index in [1.807, 2.05) is 4.90 Å². The fourth-order valence-electron chi connectivity index (χ4n) is 2.31. The Bertz CT molecular complexity index is 210. The Morgan fingerprint density at radius 1 is 1.54 bits per heavy atom. The molecular weight excluding hydrogens is 234 g/mol. The van der Waals surface area contributed by atoms with Gasteiger partial charge in [0.1, 0.15) is 0 Å². The molecule has 0 aromatic carbocycles. The van der Waals surface area contributed by atoms with Crippen molar-refractivity contribution < 1.29 is 9.53 Å². The van der Waals surface area contributed by atoms with Crippen molar-refractivity contribution in [2.45, 2.75) is 31.4 Å². The lowest BCUT2D eigenvalue weighted by Gasteiger charge is -2.37. The van der Waals surface area contributed by atoms with Gasteiger partial charge in [-0.3, -0.25) is 4.79 Å². The number of hydrogen-bond acceptors (Lipinski definition) is 2. The topological polar surface area (TPSA) is 29.5 Å².